The minimum absolute atomic E-state index is 0. The highest BCUT2D eigenvalue weighted by Gasteiger charge is 2.64. The molecule has 0 unspecified atom stereocenters. The molecule has 55 heavy (non-hydrogen) atoms. The summed E-state index contributed by atoms with van der Waals surface area (Å²) in [5, 5.41) is 3.53. The minimum atomic E-state index is -4.03. The van der Waals surface area contributed by atoms with E-state index in [-0.39, 0.29) is 45.4 Å². The van der Waals surface area contributed by atoms with Gasteiger partial charge in [0.15, 0.2) is 5.75 Å². The van der Waals surface area contributed by atoms with Crippen LogP contribution in [0.25, 0.3) is 10.9 Å². The second-order valence-corrected chi connectivity index (χ2v) is 18.5. The number of sulfonamides is 1. The van der Waals surface area contributed by atoms with Gasteiger partial charge in [-0.25, -0.2) is 22.2 Å². The zero-order chi connectivity index (χ0) is 38.6. The number of alkyl halides is 2. The van der Waals surface area contributed by atoms with Crippen LogP contribution in [0.5, 0.6) is 5.75 Å². The van der Waals surface area contributed by atoms with E-state index in [1.807, 2.05) is 12.2 Å². The average molecular weight is 787 g/mol. The summed E-state index contributed by atoms with van der Waals surface area (Å²) in [4.78, 5) is 61.6. The molecule has 1 aromatic heterocycles. The van der Waals surface area contributed by atoms with E-state index in [1.165, 1.54) is 4.90 Å². The fourth-order valence-corrected chi connectivity index (χ4v) is 9.61. The number of para-hydroxylation sites is 1. The van der Waals surface area contributed by atoms with Gasteiger partial charge in [-0.1, -0.05) is 50.6 Å². The van der Waals surface area contributed by atoms with Crippen LogP contribution in [-0.4, -0.2) is 76.6 Å². The lowest BCUT2D eigenvalue weighted by Gasteiger charge is -2.37. The van der Waals surface area contributed by atoms with Gasteiger partial charge in [-0.15, -0.1) is 0 Å². The van der Waals surface area contributed by atoms with Crippen molar-refractivity contribution in [1.29, 1.82) is 0 Å². The monoisotopic (exact) mass is 786 g/mol. The molecule has 0 radical (unpaired) electrons. The summed E-state index contributed by atoms with van der Waals surface area (Å²) in [6.45, 7) is 4.86. The van der Waals surface area contributed by atoms with Crippen molar-refractivity contribution >= 4 is 44.6 Å². The van der Waals surface area contributed by atoms with Crippen molar-refractivity contribution in [3.05, 3.63) is 47.7 Å². The third-order valence-electron chi connectivity index (χ3n) is 11.8. The molecule has 300 valence electrons. The normalized spacial score (nSPS) is 29.4. The van der Waals surface area contributed by atoms with Gasteiger partial charge in [-0.05, 0) is 78.2 Å². The first-order valence-corrected chi connectivity index (χ1v) is 20.5. The van der Waals surface area contributed by atoms with Gasteiger partial charge in [-0.2, -0.15) is 0 Å². The fraction of sp³-hybridized carbons (Fsp3) is 0.625. The van der Waals surface area contributed by atoms with Crippen LogP contribution >= 0.6 is 0 Å². The molecular weight excluding hydrogens is 735 g/mol. The summed E-state index contributed by atoms with van der Waals surface area (Å²) in [5.41, 5.74) is -2.39. The molecule has 0 bridgehead atoms. The second kappa shape index (κ2) is 15.1. The lowest BCUT2D eigenvalue weighted by Crippen LogP contribution is -2.57. The number of fused-ring (bicyclic) bond motifs is 5. The Kier molecular flexibility index (Phi) is 11.1. The number of benzene rings is 1. The van der Waals surface area contributed by atoms with E-state index in [0.717, 1.165) is 12.8 Å². The quantitative estimate of drug-likeness (QED) is 0.260. The SMILES string of the molecule is C.CC(C)OC(=O)C[C@H]1CCCCC/C=C\[C@@H]2C[C@@]2(C(=O)NS(=O)(=O)C2(C)CC2)NC(=O)[C@@H]2C[C@]3(CCc4c(c(C(F)F)nc5ccccc45)O3)CN2C1=O. The van der Waals surface area contributed by atoms with Crippen molar-refractivity contribution in [2.45, 2.75) is 140 Å². The molecule has 2 N–H and O–H groups in total. The Labute approximate surface area is 321 Å². The van der Waals surface area contributed by atoms with Gasteiger partial charge in [0.25, 0.3) is 12.3 Å². The molecule has 2 aromatic rings. The Hall–Kier alpha value is -4.14. The lowest BCUT2D eigenvalue weighted by molar-refractivity contribution is -0.153. The van der Waals surface area contributed by atoms with Crippen molar-refractivity contribution in [3.8, 4) is 5.75 Å². The first-order valence-electron chi connectivity index (χ1n) is 19.0. The van der Waals surface area contributed by atoms with Crippen molar-refractivity contribution in [3.63, 3.8) is 0 Å². The molecule has 2 aliphatic carbocycles. The fourth-order valence-electron chi connectivity index (χ4n) is 8.30. The molecule has 3 aliphatic heterocycles. The number of pyridine rings is 1. The van der Waals surface area contributed by atoms with E-state index < -0.39 is 85.7 Å². The van der Waals surface area contributed by atoms with Gasteiger partial charge in [-0.3, -0.25) is 23.9 Å². The van der Waals surface area contributed by atoms with Gasteiger partial charge in [0.05, 0.1) is 29.3 Å². The number of carbonyl (C=O) groups excluding carboxylic acids is 4. The number of carbonyl (C=O) groups is 4. The highest BCUT2D eigenvalue weighted by Crippen LogP contribution is 2.50. The number of hydrogen-bond donors (Lipinski definition) is 2. The first kappa shape index (κ1) is 40.5. The molecule has 3 amide bonds. The third kappa shape index (κ3) is 7.82. The van der Waals surface area contributed by atoms with Crippen LogP contribution in [0.3, 0.4) is 0 Å². The lowest BCUT2D eigenvalue weighted by atomic mass is 9.87. The van der Waals surface area contributed by atoms with Crippen molar-refractivity contribution in [2.24, 2.45) is 11.8 Å². The van der Waals surface area contributed by atoms with Crippen molar-refractivity contribution < 1.29 is 45.9 Å². The zero-order valence-corrected chi connectivity index (χ0v) is 31.7. The number of aromatic nitrogens is 1. The first-order chi connectivity index (χ1) is 25.6. The topological polar surface area (TPSA) is 161 Å². The summed E-state index contributed by atoms with van der Waals surface area (Å²) in [7, 11) is -4.03. The van der Waals surface area contributed by atoms with Crippen LogP contribution in [-0.2, 0) is 40.4 Å². The van der Waals surface area contributed by atoms with Crippen LogP contribution < -0.4 is 14.8 Å². The molecule has 2 saturated carbocycles. The maximum Gasteiger partial charge on any atom is 0.306 e. The number of rotatable bonds is 7. The summed E-state index contributed by atoms with van der Waals surface area (Å²) >= 11 is 0. The minimum Gasteiger partial charge on any atom is -0.483 e. The maximum atomic E-state index is 14.6. The number of nitrogens with one attached hydrogen (secondary N) is 2. The Morgan fingerprint density at radius 2 is 1.85 bits per heavy atom. The Balaban J connectivity index is 0.00000514. The molecule has 4 heterocycles. The highest BCUT2D eigenvalue weighted by molar-refractivity contribution is 7.91. The molecule has 12 nitrogen and oxygen atoms in total. The van der Waals surface area contributed by atoms with Gasteiger partial charge in [0, 0.05) is 29.2 Å². The Morgan fingerprint density at radius 1 is 1.11 bits per heavy atom. The van der Waals surface area contributed by atoms with Crippen LogP contribution in [0.1, 0.15) is 117 Å². The molecule has 5 atom stereocenters. The Morgan fingerprint density at radius 3 is 2.56 bits per heavy atom. The number of esters is 1. The molecule has 3 fully saturated rings. The van der Waals surface area contributed by atoms with Crippen LogP contribution in [0.15, 0.2) is 36.4 Å². The summed E-state index contributed by atoms with van der Waals surface area (Å²) in [6.07, 6.45) is 4.86. The Bertz CT molecular complexity index is 2000. The number of nitrogens with zero attached hydrogens (tertiary/aromatic N) is 2. The average Bonchev–Trinajstić information content (AvgIpc) is 4.00. The number of ether oxygens (including phenoxy) is 2. The predicted octanol–water partition coefficient (Wildman–Crippen LogP) is 5.82. The standard InChI is InChI=1S/C39H48F2N4O8S.CH4/c1-23(2)52-30(46)19-24-11-7-5-4-6-8-12-25-20-39(25,36(49)44-54(50,51)37(3)17-18-37)43-34(47)29-21-38(22-45(29)35(24)48)16-15-27-26-13-9-10-14-28(26)42-31(33(40)41)32(27)53-38;/h8-10,12-14,23-25,29,33H,4-7,11,15-22H2,1-3H3,(H,43,47)(H,44,49);1H4/b12-8-;/t24-,25-,29+,38-,39-;/m1./s1. The van der Waals surface area contributed by atoms with E-state index in [0.29, 0.717) is 55.0 Å². The van der Waals surface area contributed by atoms with Gasteiger partial charge in [0.2, 0.25) is 21.8 Å². The molecular formula is C40H52F2N4O8S. The van der Waals surface area contributed by atoms with Crippen LogP contribution in [0.4, 0.5) is 8.78 Å². The van der Waals surface area contributed by atoms with Crippen molar-refractivity contribution in [1.82, 2.24) is 19.9 Å². The van der Waals surface area contributed by atoms with Crippen LogP contribution in [0, 0.1) is 11.8 Å². The molecule has 1 spiro atoms. The van der Waals surface area contributed by atoms with E-state index >= 15 is 0 Å². The number of amides is 3. The van der Waals surface area contributed by atoms with E-state index in [4.69, 9.17) is 9.47 Å². The van der Waals surface area contributed by atoms with E-state index in [9.17, 15) is 36.4 Å². The molecule has 5 aliphatic rings. The predicted molar refractivity (Wildman–Crippen MR) is 200 cm³/mol. The number of aryl methyl sites for hydroxylation is 1. The smallest absolute Gasteiger partial charge is 0.306 e. The van der Waals surface area contributed by atoms with Crippen molar-refractivity contribution in [2.75, 3.05) is 6.54 Å². The second-order valence-electron chi connectivity index (χ2n) is 16.3. The summed E-state index contributed by atoms with van der Waals surface area (Å²) < 4.78 is 68.6. The zero-order valence-electron chi connectivity index (χ0n) is 30.9. The van der Waals surface area contributed by atoms with Crippen LogP contribution in [0.2, 0.25) is 0 Å². The molecule has 7 rings (SSSR count). The summed E-state index contributed by atoms with van der Waals surface area (Å²) in [5.74, 6) is -3.96. The third-order valence-corrected chi connectivity index (χ3v) is 14.0. The maximum absolute atomic E-state index is 14.6. The van der Waals surface area contributed by atoms with E-state index in [1.54, 1.807) is 45.0 Å². The van der Waals surface area contributed by atoms with Gasteiger partial charge >= 0.3 is 5.97 Å². The number of halogens is 2. The van der Waals surface area contributed by atoms with E-state index in [2.05, 4.69) is 15.0 Å². The molecule has 1 aromatic carbocycles. The molecule has 1 saturated heterocycles. The van der Waals surface area contributed by atoms with Gasteiger partial charge in [0.1, 0.15) is 22.9 Å². The number of allylic oxidation sites excluding steroid dienone is 1. The highest BCUT2D eigenvalue weighted by atomic mass is 32.2. The molecule has 15 heteroatoms. The largest absolute Gasteiger partial charge is 0.483 e. The number of hydrogen-bond acceptors (Lipinski definition) is 9. The summed E-state index contributed by atoms with van der Waals surface area (Å²) in [6, 6.07) is 5.75. The van der Waals surface area contributed by atoms with Gasteiger partial charge < -0.3 is 19.7 Å².